The number of nitrogens with zero attached hydrogens (tertiary/aromatic N) is 2. The predicted octanol–water partition coefficient (Wildman–Crippen LogP) is 5.63. The summed E-state index contributed by atoms with van der Waals surface area (Å²) in [4.78, 5) is 27.4. The summed E-state index contributed by atoms with van der Waals surface area (Å²) < 4.78 is 0. The van der Waals surface area contributed by atoms with E-state index in [-0.39, 0.29) is 11.5 Å². The van der Waals surface area contributed by atoms with Gasteiger partial charge in [0.05, 0.1) is 17.8 Å². The summed E-state index contributed by atoms with van der Waals surface area (Å²) in [7, 11) is 0. The van der Waals surface area contributed by atoms with Gasteiger partial charge < -0.3 is 15.3 Å². The fourth-order valence-corrected chi connectivity index (χ4v) is 5.50. The Balaban J connectivity index is 1.31. The molecule has 0 fully saturated rings. The van der Waals surface area contributed by atoms with Crippen molar-refractivity contribution in [3.63, 3.8) is 0 Å². The Kier molecular flexibility index (Phi) is 9.08. The van der Waals surface area contributed by atoms with Gasteiger partial charge in [-0.3, -0.25) is 10.2 Å². The third kappa shape index (κ3) is 7.19. The number of carboxylic acids is 1. The van der Waals surface area contributed by atoms with Crippen molar-refractivity contribution in [2.24, 2.45) is 5.10 Å². The number of fused-ring (bicyclic) bond motifs is 1. The Labute approximate surface area is 248 Å². The molecule has 0 aromatic heterocycles. The number of nitrogens with one attached hydrogen (secondary N) is 2. The number of carboxylic acid groups (broad SMARTS) is 1. The van der Waals surface area contributed by atoms with Crippen LogP contribution in [-0.4, -0.2) is 33.6 Å². The highest BCUT2D eigenvalue weighted by molar-refractivity contribution is 7.99. The van der Waals surface area contributed by atoms with Gasteiger partial charge in [0.2, 0.25) is 0 Å². The lowest BCUT2D eigenvalue weighted by atomic mass is 10.1. The van der Waals surface area contributed by atoms with E-state index in [4.69, 9.17) is 17.3 Å². The molecule has 0 saturated carbocycles. The zero-order valence-electron chi connectivity index (χ0n) is 22.1. The zero-order chi connectivity index (χ0) is 28.6. The average Bonchev–Trinajstić information content (AvgIpc) is 3.25. The molecule has 3 N–H and O–H groups in total. The molecule has 0 atom stereocenters. The first-order valence-corrected chi connectivity index (χ1v) is 14.5. The number of amides is 1. The van der Waals surface area contributed by atoms with Gasteiger partial charge in [-0.2, -0.15) is 5.10 Å². The molecule has 0 radical (unpaired) electrons. The quantitative estimate of drug-likeness (QED) is 0.127. The topological polar surface area (TPSA) is 94.0 Å². The van der Waals surface area contributed by atoms with E-state index < -0.39 is 5.97 Å². The maximum atomic E-state index is 13.6. The Morgan fingerprint density at radius 3 is 2.24 bits per heavy atom. The number of hydrazone groups is 1. The van der Waals surface area contributed by atoms with Crippen LogP contribution in [0.25, 0.3) is 0 Å². The molecule has 0 saturated heterocycles. The maximum Gasteiger partial charge on any atom is 0.335 e. The summed E-state index contributed by atoms with van der Waals surface area (Å²) in [5.74, 6) is -0.326. The molecule has 7 nitrogen and oxygen atoms in total. The van der Waals surface area contributed by atoms with Crippen molar-refractivity contribution in [3.8, 4) is 0 Å². The third-order valence-corrected chi connectivity index (χ3v) is 7.80. The van der Waals surface area contributed by atoms with E-state index in [1.54, 1.807) is 28.8 Å². The Bertz CT molecular complexity index is 1580. The molecule has 41 heavy (non-hydrogen) atoms. The van der Waals surface area contributed by atoms with Crippen molar-refractivity contribution in [1.29, 1.82) is 0 Å². The van der Waals surface area contributed by atoms with Gasteiger partial charge in [0.1, 0.15) is 0 Å². The minimum absolute atomic E-state index is 0.192. The van der Waals surface area contributed by atoms with Crippen molar-refractivity contribution in [2.75, 3.05) is 10.7 Å². The summed E-state index contributed by atoms with van der Waals surface area (Å²) in [6, 6.07) is 32.7. The van der Waals surface area contributed by atoms with E-state index >= 15 is 0 Å². The number of aryl methyl sites for hydroxylation is 1. The van der Waals surface area contributed by atoms with Crippen LogP contribution in [-0.2, 0) is 24.3 Å². The standard InChI is InChI=1S/C32H28N4O3S2/c37-30-29(34-35-32(40)33-20-23-7-3-1-4-8-23)27-19-26(41-18-17-22-11-13-25(14-12-22)31(38)39)15-16-28(27)36(30)21-24-9-5-2-6-10-24/h1-16,19H,17-18,20-21H2,(H,38,39)(H2,33,35,40)/b34-29-. The number of aromatic carboxylic acids is 1. The van der Waals surface area contributed by atoms with Crippen LogP contribution in [0.15, 0.2) is 113 Å². The summed E-state index contributed by atoms with van der Waals surface area (Å²) in [6.07, 6.45) is 0.782. The van der Waals surface area contributed by atoms with Gasteiger partial charge in [-0.25, -0.2) is 4.79 Å². The van der Waals surface area contributed by atoms with Gasteiger partial charge in [0, 0.05) is 22.8 Å². The molecule has 0 bridgehead atoms. The van der Waals surface area contributed by atoms with E-state index in [9.17, 15) is 9.59 Å². The molecule has 4 aromatic carbocycles. The summed E-state index contributed by atoms with van der Waals surface area (Å²) in [5, 5.41) is 17.0. The van der Waals surface area contributed by atoms with E-state index in [1.807, 2.05) is 91.0 Å². The SMILES string of the molecule is O=C(O)c1ccc(CCSc2ccc3c(c2)/C(=N/NC(=S)NCc2ccccc2)C(=O)N3Cc2ccccc2)cc1. The van der Waals surface area contributed by atoms with Crippen LogP contribution in [0.5, 0.6) is 0 Å². The summed E-state index contributed by atoms with van der Waals surface area (Å²) in [6.45, 7) is 0.975. The van der Waals surface area contributed by atoms with Gasteiger partial charge in [-0.05, 0) is 65.7 Å². The van der Waals surface area contributed by atoms with E-state index in [2.05, 4.69) is 15.8 Å². The highest BCUT2D eigenvalue weighted by atomic mass is 32.2. The van der Waals surface area contributed by atoms with Crippen molar-refractivity contribution in [3.05, 3.63) is 131 Å². The molecule has 4 aromatic rings. The van der Waals surface area contributed by atoms with Gasteiger partial charge in [-0.15, -0.1) is 11.8 Å². The summed E-state index contributed by atoms with van der Waals surface area (Å²) in [5.41, 5.74) is 8.17. The Hall–Kier alpha value is -4.47. The van der Waals surface area contributed by atoms with E-state index in [1.165, 1.54) is 0 Å². The highest BCUT2D eigenvalue weighted by Crippen LogP contribution is 2.34. The van der Waals surface area contributed by atoms with Crippen molar-refractivity contribution < 1.29 is 14.7 Å². The lowest BCUT2D eigenvalue weighted by Gasteiger charge is -2.17. The minimum Gasteiger partial charge on any atom is -0.478 e. The first kappa shape index (κ1) is 28.1. The van der Waals surface area contributed by atoms with Crippen LogP contribution < -0.4 is 15.6 Å². The number of carbonyl (C=O) groups excluding carboxylic acids is 1. The van der Waals surface area contributed by atoms with Crippen LogP contribution >= 0.6 is 24.0 Å². The largest absolute Gasteiger partial charge is 0.478 e. The molecule has 1 aliphatic heterocycles. The lowest BCUT2D eigenvalue weighted by molar-refractivity contribution is -0.112. The Morgan fingerprint density at radius 2 is 1.56 bits per heavy atom. The number of carbonyl (C=O) groups is 2. The first-order chi connectivity index (χ1) is 20.0. The second-order valence-electron chi connectivity index (χ2n) is 9.40. The number of anilines is 1. The molecule has 0 spiro atoms. The molecule has 9 heteroatoms. The van der Waals surface area contributed by atoms with Gasteiger partial charge in [-0.1, -0.05) is 72.8 Å². The molecule has 1 aliphatic rings. The smallest absolute Gasteiger partial charge is 0.335 e. The third-order valence-electron chi connectivity index (χ3n) is 6.57. The first-order valence-electron chi connectivity index (χ1n) is 13.1. The number of thiocarbonyl (C=S) groups is 1. The van der Waals surface area contributed by atoms with Crippen molar-refractivity contribution in [2.45, 2.75) is 24.4 Å². The molecule has 0 aliphatic carbocycles. The highest BCUT2D eigenvalue weighted by Gasteiger charge is 2.34. The van der Waals surface area contributed by atoms with Crippen LogP contribution in [0.1, 0.15) is 32.6 Å². The number of rotatable bonds is 10. The second-order valence-corrected chi connectivity index (χ2v) is 11.0. The van der Waals surface area contributed by atoms with Gasteiger partial charge in [0.15, 0.2) is 10.8 Å². The molecule has 0 unspecified atom stereocenters. The number of thioether (sulfide) groups is 1. The number of hydrogen-bond acceptors (Lipinski definition) is 5. The number of hydrogen-bond donors (Lipinski definition) is 3. The maximum absolute atomic E-state index is 13.6. The van der Waals surface area contributed by atoms with E-state index in [0.29, 0.717) is 23.9 Å². The van der Waals surface area contributed by atoms with Crippen LogP contribution in [0.3, 0.4) is 0 Å². The van der Waals surface area contributed by atoms with Gasteiger partial charge >= 0.3 is 5.97 Å². The van der Waals surface area contributed by atoms with Crippen molar-refractivity contribution >= 4 is 52.4 Å². The predicted molar refractivity (Wildman–Crippen MR) is 167 cm³/mol. The molecular formula is C32H28N4O3S2. The lowest BCUT2D eigenvalue weighted by Crippen LogP contribution is -2.34. The van der Waals surface area contributed by atoms with E-state index in [0.717, 1.165) is 45.0 Å². The molecular weight excluding hydrogens is 553 g/mol. The van der Waals surface area contributed by atoms with Crippen LogP contribution in [0.2, 0.25) is 0 Å². The van der Waals surface area contributed by atoms with Crippen LogP contribution in [0.4, 0.5) is 5.69 Å². The Morgan fingerprint density at radius 1 is 0.878 bits per heavy atom. The molecule has 1 amide bonds. The average molecular weight is 581 g/mol. The fraction of sp³-hybridized carbons (Fsp3) is 0.125. The normalized spacial score (nSPS) is 13.2. The number of benzene rings is 4. The van der Waals surface area contributed by atoms with Crippen LogP contribution in [0, 0.1) is 0 Å². The zero-order valence-corrected chi connectivity index (χ0v) is 23.8. The molecule has 1 heterocycles. The fourth-order valence-electron chi connectivity index (χ4n) is 4.44. The molecule has 206 valence electrons. The summed E-state index contributed by atoms with van der Waals surface area (Å²) >= 11 is 7.09. The van der Waals surface area contributed by atoms with Crippen molar-refractivity contribution in [1.82, 2.24) is 10.7 Å². The monoisotopic (exact) mass is 580 g/mol. The minimum atomic E-state index is -0.931. The second kappa shape index (κ2) is 13.3. The molecule has 5 rings (SSSR count). The van der Waals surface area contributed by atoms with Gasteiger partial charge in [0.25, 0.3) is 5.91 Å².